The summed E-state index contributed by atoms with van der Waals surface area (Å²) in [7, 11) is 0. The van der Waals surface area contributed by atoms with E-state index in [1.165, 1.54) is 17.4 Å². The molecule has 0 unspecified atom stereocenters. The van der Waals surface area contributed by atoms with Gasteiger partial charge in [0.1, 0.15) is 10.7 Å². The van der Waals surface area contributed by atoms with Gasteiger partial charge in [0.2, 0.25) is 0 Å². The van der Waals surface area contributed by atoms with Crippen LogP contribution in [-0.4, -0.2) is 16.8 Å². The fraction of sp³-hybridized carbons (Fsp3) is 0.276. The average Bonchev–Trinajstić information content (AvgIpc) is 3.21. The number of carbonyl (C=O) groups excluding carboxylic acids is 1. The molecule has 180 valence electrons. The third kappa shape index (κ3) is 5.11. The molecule has 35 heavy (non-hydrogen) atoms. The minimum Gasteiger partial charge on any atom is -0.330 e. The van der Waals surface area contributed by atoms with E-state index < -0.39 is 0 Å². The van der Waals surface area contributed by atoms with E-state index in [-0.39, 0.29) is 24.3 Å². The van der Waals surface area contributed by atoms with Crippen molar-refractivity contribution in [3.63, 3.8) is 0 Å². The van der Waals surface area contributed by atoms with Crippen molar-refractivity contribution < 1.29 is 9.18 Å². The fourth-order valence-corrected chi connectivity index (χ4v) is 6.50. The number of amides is 1. The molecular formula is C29H26Cl2FNOS. The van der Waals surface area contributed by atoms with E-state index in [9.17, 15) is 4.79 Å². The Bertz CT molecular complexity index is 1360. The largest absolute Gasteiger partial charge is 0.330 e. The van der Waals surface area contributed by atoms with Crippen molar-refractivity contribution in [2.75, 3.05) is 0 Å². The lowest BCUT2D eigenvalue weighted by molar-refractivity contribution is 0.0596. The first-order chi connectivity index (χ1) is 16.9. The summed E-state index contributed by atoms with van der Waals surface area (Å²) in [5.41, 5.74) is 2.34. The number of carbonyl (C=O) groups is 1. The van der Waals surface area contributed by atoms with Gasteiger partial charge in [0.25, 0.3) is 5.91 Å². The molecule has 0 radical (unpaired) electrons. The summed E-state index contributed by atoms with van der Waals surface area (Å²) in [4.78, 5) is 16.3. The number of hydrogen-bond donors (Lipinski definition) is 0. The quantitative estimate of drug-likeness (QED) is 0.254. The molecule has 5 rings (SSSR count). The van der Waals surface area contributed by atoms with Gasteiger partial charge in [-0.3, -0.25) is 4.79 Å². The summed E-state index contributed by atoms with van der Waals surface area (Å²) < 4.78 is 16.0. The zero-order chi connectivity index (χ0) is 24.5. The molecule has 1 aliphatic carbocycles. The number of rotatable bonds is 5. The van der Waals surface area contributed by atoms with Gasteiger partial charge in [-0.15, -0.1) is 11.3 Å². The molecule has 6 heteroatoms. The molecule has 4 aromatic rings. The first kappa shape index (κ1) is 24.3. The predicted octanol–water partition coefficient (Wildman–Crippen LogP) is 9.24. The monoisotopic (exact) mass is 525 g/mol. The second kappa shape index (κ2) is 10.3. The average molecular weight is 527 g/mol. The lowest BCUT2D eigenvalue weighted by Crippen LogP contribution is -2.41. The van der Waals surface area contributed by atoms with Gasteiger partial charge in [0.15, 0.2) is 0 Å². The van der Waals surface area contributed by atoms with Crippen LogP contribution in [0.3, 0.4) is 0 Å². The Morgan fingerprint density at radius 2 is 1.66 bits per heavy atom. The molecule has 0 aliphatic heterocycles. The van der Waals surface area contributed by atoms with Gasteiger partial charge >= 0.3 is 0 Å². The highest BCUT2D eigenvalue weighted by Gasteiger charge is 2.31. The maximum absolute atomic E-state index is 15.1. The van der Waals surface area contributed by atoms with Crippen LogP contribution in [0.4, 0.5) is 4.39 Å². The van der Waals surface area contributed by atoms with Crippen LogP contribution in [0.2, 0.25) is 10.0 Å². The summed E-state index contributed by atoms with van der Waals surface area (Å²) >= 11 is 14.1. The van der Waals surface area contributed by atoms with Crippen LogP contribution in [-0.2, 0) is 6.54 Å². The predicted molar refractivity (Wildman–Crippen MR) is 145 cm³/mol. The maximum atomic E-state index is 15.1. The molecule has 3 aromatic carbocycles. The zero-order valence-electron chi connectivity index (χ0n) is 19.4. The van der Waals surface area contributed by atoms with E-state index in [1.54, 1.807) is 6.07 Å². The highest BCUT2D eigenvalue weighted by atomic mass is 35.5. The summed E-state index contributed by atoms with van der Waals surface area (Å²) in [6.07, 6.45) is 3.94. The van der Waals surface area contributed by atoms with E-state index in [1.807, 2.05) is 59.5 Å². The molecule has 1 amide bonds. The lowest BCUT2D eigenvalue weighted by Gasteiger charge is -2.36. The molecular weight excluding hydrogens is 500 g/mol. The van der Waals surface area contributed by atoms with Crippen LogP contribution < -0.4 is 0 Å². The molecule has 2 nitrogen and oxygen atoms in total. The second-order valence-electron chi connectivity index (χ2n) is 9.40. The van der Waals surface area contributed by atoms with Gasteiger partial charge in [-0.1, -0.05) is 66.5 Å². The van der Waals surface area contributed by atoms with Crippen molar-refractivity contribution in [1.29, 1.82) is 0 Å². The molecule has 1 saturated carbocycles. The molecule has 1 aromatic heterocycles. The molecule has 1 fully saturated rings. The maximum Gasteiger partial charge on any atom is 0.266 e. The normalized spacial score (nSPS) is 18.1. The Hall–Kier alpha value is -2.40. The van der Waals surface area contributed by atoms with Crippen LogP contribution in [0.1, 0.15) is 47.8 Å². The van der Waals surface area contributed by atoms with E-state index in [0.717, 1.165) is 46.9 Å². The first-order valence-electron chi connectivity index (χ1n) is 11.9. The fourth-order valence-electron chi connectivity index (χ4n) is 4.90. The Morgan fingerprint density at radius 1 is 0.971 bits per heavy atom. The van der Waals surface area contributed by atoms with Crippen molar-refractivity contribution in [3.05, 3.63) is 93.0 Å². The highest BCUT2D eigenvalue weighted by molar-refractivity contribution is 7.21. The van der Waals surface area contributed by atoms with E-state index in [2.05, 4.69) is 6.92 Å². The standard InChI is InChI=1S/C29H26Cl2FNOS/c1-18-6-13-23(14-7-18)33(29(34)28-27(31)24-4-2-3-5-26(24)35-28)17-21-16-20(10-15-25(21)32)19-8-11-22(30)12-9-19/h2-5,8-12,15-16,18,23H,6-7,13-14,17H2,1H3. The Morgan fingerprint density at radius 3 is 2.37 bits per heavy atom. The van der Waals surface area contributed by atoms with Crippen molar-refractivity contribution in [2.45, 2.75) is 45.2 Å². The van der Waals surface area contributed by atoms with Crippen molar-refractivity contribution in [2.24, 2.45) is 5.92 Å². The van der Waals surface area contributed by atoms with Crippen LogP contribution in [0.5, 0.6) is 0 Å². The van der Waals surface area contributed by atoms with Gasteiger partial charge in [-0.2, -0.15) is 0 Å². The third-order valence-corrected chi connectivity index (χ3v) is 8.90. The molecule has 0 N–H and O–H groups in total. The number of thiophene rings is 1. The molecule has 0 atom stereocenters. The topological polar surface area (TPSA) is 20.3 Å². The molecule has 1 heterocycles. The number of nitrogens with zero attached hydrogens (tertiary/aromatic N) is 1. The van der Waals surface area contributed by atoms with Gasteiger partial charge in [0, 0.05) is 33.3 Å². The molecule has 1 aliphatic rings. The summed E-state index contributed by atoms with van der Waals surface area (Å²) in [6.45, 7) is 2.45. The Labute approximate surface area is 219 Å². The first-order valence-corrected chi connectivity index (χ1v) is 13.5. The third-order valence-electron chi connectivity index (χ3n) is 6.98. The highest BCUT2D eigenvalue weighted by Crippen LogP contribution is 2.38. The van der Waals surface area contributed by atoms with Gasteiger partial charge in [-0.25, -0.2) is 4.39 Å². The van der Waals surface area contributed by atoms with E-state index in [4.69, 9.17) is 23.2 Å². The van der Waals surface area contributed by atoms with Crippen LogP contribution in [0.15, 0.2) is 66.7 Å². The number of halogens is 3. The Balaban J connectivity index is 1.51. The van der Waals surface area contributed by atoms with Crippen LogP contribution in [0, 0.1) is 11.7 Å². The Kier molecular flexibility index (Phi) is 7.15. The SMILES string of the molecule is CC1CCC(N(Cc2cc(-c3ccc(Cl)cc3)ccc2F)C(=O)c2sc3ccccc3c2Cl)CC1. The summed E-state index contributed by atoms with van der Waals surface area (Å²) in [6, 6.07) is 20.4. The second-order valence-corrected chi connectivity index (χ2v) is 11.3. The van der Waals surface area contributed by atoms with Crippen molar-refractivity contribution in [1.82, 2.24) is 4.90 Å². The molecule has 0 spiro atoms. The number of benzene rings is 3. The van der Waals surface area contributed by atoms with Crippen molar-refractivity contribution >= 4 is 50.5 Å². The van der Waals surface area contributed by atoms with E-state index >= 15 is 4.39 Å². The van der Waals surface area contributed by atoms with E-state index in [0.29, 0.717) is 26.4 Å². The van der Waals surface area contributed by atoms with Crippen molar-refractivity contribution in [3.8, 4) is 11.1 Å². The molecule has 0 bridgehead atoms. The molecule has 0 saturated heterocycles. The lowest BCUT2D eigenvalue weighted by atomic mass is 9.86. The van der Waals surface area contributed by atoms with Crippen LogP contribution >= 0.6 is 34.5 Å². The van der Waals surface area contributed by atoms with Gasteiger partial charge in [0.05, 0.1) is 5.02 Å². The minimum absolute atomic E-state index is 0.0542. The summed E-state index contributed by atoms with van der Waals surface area (Å²) in [5.74, 6) is 0.209. The smallest absolute Gasteiger partial charge is 0.266 e. The minimum atomic E-state index is -0.313. The zero-order valence-corrected chi connectivity index (χ0v) is 21.8. The van der Waals surface area contributed by atoms with Gasteiger partial charge in [-0.05, 0) is 73.1 Å². The van der Waals surface area contributed by atoms with Gasteiger partial charge < -0.3 is 4.90 Å². The number of hydrogen-bond acceptors (Lipinski definition) is 2. The summed E-state index contributed by atoms with van der Waals surface area (Å²) in [5, 5.41) is 2.02. The van der Waals surface area contributed by atoms with Crippen LogP contribution in [0.25, 0.3) is 21.2 Å². The number of fused-ring (bicyclic) bond motifs is 1.